The molecule has 0 fully saturated rings. The lowest BCUT2D eigenvalue weighted by Gasteiger charge is -2.23. The first-order chi connectivity index (χ1) is 7.91. The minimum atomic E-state index is -0.0816. The monoisotopic (exact) mass is 247 g/mol. The summed E-state index contributed by atoms with van der Waals surface area (Å²) in [7, 11) is 0. The van der Waals surface area contributed by atoms with Crippen LogP contribution >= 0.6 is 12.2 Å². The van der Waals surface area contributed by atoms with Crippen LogP contribution in [0.4, 0.5) is 0 Å². The molecule has 0 radical (unpaired) electrons. The van der Waals surface area contributed by atoms with Gasteiger partial charge in [0, 0.05) is 11.1 Å². The van der Waals surface area contributed by atoms with Crippen molar-refractivity contribution in [3.63, 3.8) is 0 Å². The van der Waals surface area contributed by atoms with Crippen molar-refractivity contribution in [2.24, 2.45) is 0 Å². The largest absolute Gasteiger partial charge is 0.295 e. The number of rotatable bonds is 1. The first-order valence-corrected chi connectivity index (χ1v) is 6.06. The van der Waals surface area contributed by atoms with Gasteiger partial charge in [-0.15, -0.1) is 0 Å². The molecule has 4 heteroatoms. The molecule has 1 aromatic heterocycles. The third-order valence-corrected chi connectivity index (χ3v) is 3.00. The van der Waals surface area contributed by atoms with Crippen LogP contribution in [0.2, 0.25) is 0 Å². The SMILES string of the molecule is Cc1ccccc1-c1n[nH]c(=S)n1C(C)(C)C. The van der Waals surface area contributed by atoms with Gasteiger partial charge in [0.15, 0.2) is 10.6 Å². The molecule has 17 heavy (non-hydrogen) atoms. The molecule has 90 valence electrons. The Hall–Kier alpha value is -1.42. The maximum absolute atomic E-state index is 5.31. The topological polar surface area (TPSA) is 33.6 Å². The lowest BCUT2D eigenvalue weighted by Crippen LogP contribution is -2.23. The van der Waals surface area contributed by atoms with Gasteiger partial charge in [0.25, 0.3) is 0 Å². The van der Waals surface area contributed by atoms with Crippen LogP contribution in [0.1, 0.15) is 26.3 Å². The Morgan fingerprint density at radius 1 is 1.24 bits per heavy atom. The Kier molecular flexibility index (Phi) is 2.91. The van der Waals surface area contributed by atoms with E-state index in [1.54, 1.807) is 0 Å². The molecular formula is C13H17N3S. The van der Waals surface area contributed by atoms with Crippen molar-refractivity contribution >= 4 is 12.2 Å². The standard InChI is InChI=1S/C13H17N3S/c1-9-7-5-6-8-10(9)11-14-15-12(17)16(11)13(2,3)4/h5-8H,1-4H3,(H,15,17). The van der Waals surface area contributed by atoms with Gasteiger partial charge in [0.1, 0.15) is 0 Å². The van der Waals surface area contributed by atoms with Gasteiger partial charge in [-0.3, -0.25) is 9.67 Å². The van der Waals surface area contributed by atoms with E-state index in [-0.39, 0.29) is 5.54 Å². The van der Waals surface area contributed by atoms with Crippen molar-refractivity contribution < 1.29 is 0 Å². The Labute approximate surface area is 106 Å². The first-order valence-electron chi connectivity index (χ1n) is 5.65. The van der Waals surface area contributed by atoms with Gasteiger partial charge in [-0.1, -0.05) is 24.3 Å². The molecule has 0 atom stereocenters. The quantitative estimate of drug-likeness (QED) is 0.780. The highest BCUT2D eigenvalue weighted by atomic mass is 32.1. The summed E-state index contributed by atoms with van der Waals surface area (Å²) in [5, 5.41) is 7.24. The van der Waals surface area contributed by atoms with Crippen LogP contribution in [0, 0.1) is 11.7 Å². The summed E-state index contributed by atoms with van der Waals surface area (Å²) >= 11 is 5.31. The summed E-state index contributed by atoms with van der Waals surface area (Å²) in [5.74, 6) is 0.903. The van der Waals surface area contributed by atoms with Gasteiger partial charge in [-0.2, -0.15) is 5.10 Å². The van der Waals surface area contributed by atoms with Gasteiger partial charge in [0.2, 0.25) is 0 Å². The fraction of sp³-hybridized carbons (Fsp3) is 0.385. The second-order valence-electron chi connectivity index (χ2n) is 5.17. The number of aromatic amines is 1. The van der Waals surface area contributed by atoms with Crippen molar-refractivity contribution in [3.05, 3.63) is 34.6 Å². The summed E-state index contributed by atoms with van der Waals surface area (Å²) < 4.78 is 2.72. The van der Waals surface area contributed by atoms with Gasteiger partial charge < -0.3 is 0 Å². The van der Waals surface area contributed by atoms with Gasteiger partial charge in [-0.25, -0.2) is 0 Å². The number of nitrogens with one attached hydrogen (secondary N) is 1. The van der Waals surface area contributed by atoms with Gasteiger partial charge in [0.05, 0.1) is 0 Å². The predicted molar refractivity (Wildman–Crippen MR) is 72.6 cm³/mol. The number of aromatic nitrogens is 3. The van der Waals surface area contributed by atoms with E-state index in [1.807, 2.05) is 12.1 Å². The summed E-state index contributed by atoms with van der Waals surface area (Å²) in [6, 6.07) is 8.21. The molecule has 3 nitrogen and oxygen atoms in total. The zero-order valence-electron chi connectivity index (χ0n) is 10.6. The number of benzene rings is 1. The molecule has 0 bridgehead atoms. The Balaban J connectivity index is 2.71. The molecule has 1 N–H and O–H groups in total. The van der Waals surface area contributed by atoms with E-state index in [9.17, 15) is 0 Å². The number of hydrogen-bond donors (Lipinski definition) is 1. The first kappa shape index (κ1) is 12.0. The minimum absolute atomic E-state index is 0.0816. The van der Waals surface area contributed by atoms with E-state index in [2.05, 4.69) is 54.6 Å². The van der Waals surface area contributed by atoms with E-state index in [1.165, 1.54) is 5.56 Å². The van der Waals surface area contributed by atoms with Gasteiger partial charge >= 0.3 is 0 Å². The molecule has 0 spiro atoms. The average molecular weight is 247 g/mol. The average Bonchev–Trinajstić information content (AvgIpc) is 2.60. The zero-order valence-corrected chi connectivity index (χ0v) is 11.4. The van der Waals surface area contributed by atoms with Crippen LogP contribution in [0.3, 0.4) is 0 Å². The molecule has 2 aromatic rings. The maximum atomic E-state index is 5.31. The third-order valence-electron chi connectivity index (χ3n) is 2.73. The molecule has 0 unspecified atom stereocenters. The van der Waals surface area contributed by atoms with Crippen LogP contribution in [0.15, 0.2) is 24.3 Å². The number of aryl methyl sites for hydroxylation is 1. The number of nitrogens with zero attached hydrogens (tertiary/aromatic N) is 2. The van der Waals surface area contributed by atoms with Gasteiger partial charge in [-0.05, 0) is 45.5 Å². The van der Waals surface area contributed by atoms with Crippen LogP contribution in [0.5, 0.6) is 0 Å². The number of hydrogen-bond acceptors (Lipinski definition) is 2. The second kappa shape index (κ2) is 4.11. The molecule has 2 rings (SSSR count). The van der Waals surface area contributed by atoms with Crippen molar-refractivity contribution in [1.82, 2.24) is 14.8 Å². The van der Waals surface area contributed by atoms with Crippen molar-refractivity contribution in [1.29, 1.82) is 0 Å². The van der Waals surface area contributed by atoms with Crippen molar-refractivity contribution in [2.75, 3.05) is 0 Å². The van der Waals surface area contributed by atoms with E-state index in [4.69, 9.17) is 12.2 Å². The Morgan fingerprint density at radius 3 is 2.47 bits per heavy atom. The zero-order chi connectivity index (χ0) is 12.6. The fourth-order valence-electron chi connectivity index (χ4n) is 1.92. The molecule has 0 saturated carbocycles. The highest BCUT2D eigenvalue weighted by molar-refractivity contribution is 7.71. The molecule has 1 aromatic carbocycles. The molecule has 0 aliphatic rings. The molecule has 0 aliphatic heterocycles. The molecule has 1 heterocycles. The van der Waals surface area contributed by atoms with E-state index in [0.717, 1.165) is 11.4 Å². The smallest absolute Gasteiger partial charge is 0.195 e. The molecule has 0 amide bonds. The second-order valence-corrected chi connectivity index (χ2v) is 5.56. The maximum Gasteiger partial charge on any atom is 0.195 e. The normalized spacial score (nSPS) is 11.8. The van der Waals surface area contributed by atoms with Crippen LogP contribution in [0.25, 0.3) is 11.4 Å². The fourth-order valence-corrected chi connectivity index (χ4v) is 2.33. The van der Waals surface area contributed by atoms with Crippen LogP contribution in [-0.4, -0.2) is 14.8 Å². The summed E-state index contributed by atoms with van der Waals surface area (Å²) in [4.78, 5) is 0. The lowest BCUT2D eigenvalue weighted by molar-refractivity contribution is 0.395. The highest BCUT2D eigenvalue weighted by Crippen LogP contribution is 2.26. The minimum Gasteiger partial charge on any atom is -0.295 e. The van der Waals surface area contributed by atoms with Crippen molar-refractivity contribution in [3.8, 4) is 11.4 Å². The van der Waals surface area contributed by atoms with Crippen molar-refractivity contribution in [2.45, 2.75) is 33.2 Å². The van der Waals surface area contributed by atoms with Crippen LogP contribution in [-0.2, 0) is 5.54 Å². The highest BCUT2D eigenvalue weighted by Gasteiger charge is 2.20. The summed E-state index contributed by atoms with van der Waals surface area (Å²) in [5.41, 5.74) is 2.24. The third kappa shape index (κ3) is 2.17. The Morgan fingerprint density at radius 2 is 1.88 bits per heavy atom. The van der Waals surface area contributed by atoms with Crippen LogP contribution < -0.4 is 0 Å². The van der Waals surface area contributed by atoms with E-state index in [0.29, 0.717) is 4.77 Å². The molecule has 0 aliphatic carbocycles. The summed E-state index contributed by atoms with van der Waals surface area (Å²) in [6.45, 7) is 8.46. The van der Waals surface area contributed by atoms with E-state index < -0.39 is 0 Å². The summed E-state index contributed by atoms with van der Waals surface area (Å²) in [6.07, 6.45) is 0. The lowest BCUT2D eigenvalue weighted by atomic mass is 10.1. The molecular weight excluding hydrogens is 230 g/mol. The number of H-pyrrole nitrogens is 1. The predicted octanol–water partition coefficient (Wildman–Crippen LogP) is 3.67. The van der Waals surface area contributed by atoms with E-state index >= 15 is 0 Å². The molecule has 0 saturated heterocycles. The Bertz CT molecular complexity index is 587.